The van der Waals surface area contributed by atoms with Crippen molar-refractivity contribution in [3.8, 4) is 55.8 Å². The number of hydrogen-bond donors (Lipinski definition) is 0. The minimum Gasteiger partial charge on any atom is -0.259 e. The number of fused-ring (bicyclic) bond motifs is 4. The zero-order valence-corrected chi connectivity index (χ0v) is 24.4. The molecule has 0 spiro atoms. The van der Waals surface area contributed by atoms with Crippen molar-refractivity contribution in [1.29, 1.82) is 0 Å². The molecule has 44 heavy (non-hydrogen) atoms. The van der Waals surface area contributed by atoms with Crippen molar-refractivity contribution in [3.63, 3.8) is 0 Å². The molecule has 1 aliphatic heterocycles. The summed E-state index contributed by atoms with van der Waals surface area (Å²) in [6, 6.07) is 39.8. The molecule has 5 aromatic carbocycles. The lowest BCUT2D eigenvalue weighted by atomic mass is 9.78. The van der Waals surface area contributed by atoms with Gasteiger partial charge in [-0.15, -0.1) is 0 Å². The van der Waals surface area contributed by atoms with E-state index in [1.165, 1.54) is 66.4 Å². The second-order valence-corrected chi connectivity index (χ2v) is 11.8. The number of nitrogens with zero attached hydrogens (tertiary/aromatic N) is 2. The van der Waals surface area contributed by atoms with Gasteiger partial charge in [-0.2, -0.15) is 0 Å². The third-order valence-corrected chi connectivity index (χ3v) is 9.35. The topological polar surface area (TPSA) is 25.2 Å². The van der Waals surface area contributed by atoms with Gasteiger partial charge < -0.3 is 0 Å². The zero-order valence-electron chi connectivity index (χ0n) is 24.4. The Kier molecular flexibility index (Phi) is 5.80. The minimum atomic E-state index is 0.933. The Morgan fingerprint density at radius 2 is 1.23 bits per heavy atom. The van der Waals surface area contributed by atoms with Crippen LogP contribution < -0.4 is 0 Å². The molecule has 0 atom stereocenters. The molecule has 208 valence electrons. The average molecular weight is 563 g/mol. The maximum atomic E-state index is 5.15. The fourth-order valence-electron chi connectivity index (χ4n) is 7.52. The third-order valence-electron chi connectivity index (χ3n) is 9.35. The molecule has 2 heteroatoms. The normalized spacial score (nSPS) is 14.4. The highest BCUT2D eigenvalue weighted by Gasteiger charge is 2.33. The Hall–Kier alpha value is -5.34. The number of rotatable bonds is 4. The second-order valence-electron chi connectivity index (χ2n) is 11.8. The molecule has 1 aromatic heterocycles. The highest BCUT2D eigenvalue weighted by molar-refractivity contribution is 6.24. The lowest BCUT2D eigenvalue weighted by molar-refractivity contribution is 0.989. The molecular weight excluding hydrogens is 532 g/mol. The summed E-state index contributed by atoms with van der Waals surface area (Å²) in [5, 5.41) is 2.57. The minimum absolute atomic E-state index is 0.933. The predicted octanol–water partition coefficient (Wildman–Crippen LogP) is 11.0. The molecule has 2 aliphatic carbocycles. The summed E-state index contributed by atoms with van der Waals surface area (Å²) >= 11 is 0. The van der Waals surface area contributed by atoms with Crippen molar-refractivity contribution >= 4 is 28.8 Å². The zero-order chi connectivity index (χ0) is 29.0. The van der Waals surface area contributed by atoms with Gasteiger partial charge in [0.05, 0.1) is 17.1 Å². The van der Waals surface area contributed by atoms with Gasteiger partial charge in [0.25, 0.3) is 0 Å². The van der Waals surface area contributed by atoms with Crippen molar-refractivity contribution in [2.24, 2.45) is 4.99 Å². The molecule has 0 amide bonds. The van der Waals surface area contributed by atoms with Gasteiger partial charge in [-0.25, -0.2) is 4.98 Å². The second kappa shape index (κ2) is 10.1. The monoisotopic (exact) mass is 562 g/mol. The van der Waals surface area contributed by atoms with Crippen LogP contribution in [-0.4, -0.2) is 11.2 Å². The Morgan fingerprint density at radius 1 is 0.523 bits per heavy atom. The summed E-state index contributed by atoms with van der Waals surface area (Å²) in [6.45, 7) is 0. The fraction of sp³-hybridized carbons (Fsp3) is 0.0952. The van der Waals surface area contributed by atoms with Crippen LogP contribution in [-0.2, 0) is 6.42 Å². The lowest BCUT2D eigenvalue weighted by Gasteiger charge is -2.25. The molecule has 3 aliphatic rings. The quantitative estimate of drug-likeness (QED) is 0.209. The van der Waals surface area contributed by atoms with Gasteiger partial charge in [-0.1, -0.05) is 115 Å². The van der Waals surface area contributed by atoms with E-state index in [4.69, 9.17) is 4.98 Å². The summed E-state index contributed by atoms with van der Waals surface area (Å²) in [7, 11) is 0. The van der Waals surface area contributed by atoms with Gasteiger partial charge >= 0.3 is 0 Å². The first-order valence-corrected chi connectivity index (χ1v) is 15.6. The van der Waals surface area contributed by atoms with E-state index >= 15 is 0 Å². The van der Waals surface area contributed by atoms with Gasteiger partial charge in [0.1, 0.15) is 0 Å². The van der Waals surface area contributed by atoms with E-state index < -0.39 is 0 Å². The molecule has 0 N–H and O–H groups in total. The van der Waals surface area contributed by atoms with E-state index in [9.17, 15) is 0 Å². The first-order chi connectivity index (χ1) is 21.9. The first kappa shape index (κ1) is 25.2. The van der Waals surface area contributed by atoms with Gasteiger partial charge in [0, 0.05) is 11.8 Å². The Labute approximate surface area is 257 Å². The van der Waals surface area contributed by atoms with E-state index in [0.29, 0.717) is 0 Å². The van der Waals surface area contributed by atoms with Gasteiger partial charge in [0.15, 0.2) is 0 Å². The Morgan fingerprint density at radius 3 is 2.02 bits per heavy atom. The maximum Gasteiger partial charge on any atom is 0.0890 e. The molecule has 2 heterocycles. The number of hydrogen-bond acceptors (Lipinski definition) is 2. The van der Waals surface area contributed by atoms with Crippen LogP contribution in [0.15, 0.2) is 126 Å². The smallest absolute Gasteiger partial charge is 0.0890 e. The predicted molar refractivity (Wildman–Crippen MR) is 186 cm³/mol. The highest BCUT2D eigenvalue weighted by atomic mass is 14.8. The van der Waals surface area contributed by atoms with Gasteiger partial charge in [-0.05, 0) is 104 Å². The van der Waals surface area contributed by atoms with Gasteiger partial charge in [-0.3, -0.25) is 4.99 Å². The largest absolute Gasteiger partial charge is 0.259 e. The fourth-order valence-corrected chi connectivity index (χ4v) is 7.52. The molecule has 0 saturated heterocycles. The van der Waals surface area contributed by atoms with Crippen LogP contribution in [0.25, 0.3) is 78.3 Å². The molecule has 9 rings (SSSR count). The Balaban J connectivity index is 1.36. The average Bonchev–Trinajstić information content (AvgIpc) is 3.43. The lowest BCUT2D eigenvalue weighted by Crippen LogP contribution is -2.04. The van der Waals surface area contributed by atoms with Crippen LogP contribution >= 0.6 is 0 Å². The SMILES string of the molecule is C1=Cc2c(c(-c3ccccc3)c3c(c2-c2ccccc2)-c2ccc(-c4cccc(C5=CCCC=N5)n4)c4cccc-3c24)CC1. The summed E-state index contributed by atoms with van der Waals surface area (Å²) in [5.74, 6) is 0. The standard InChI is InChI=1S/C42H30N2/c1-3-13-27(14-4-1)38-31-17-7-8-18-32(31)39(28-15-5-2-6-16-28)42-34-25-24-29(30-19-11-20-33(40(30)34)41(38)42)35-22-12-23-37(44-35)36-21-9-10-26-43-36/h1-6,8,11-16,18-26H,7,9-10,17H2. The van der Waals surface area contributed by atoms with E-state index in [0.717, 1.165) is 48.3 Å². The summed E-state index contributed by atoms with van der Waals surface area (Å²) in [5.41, 5.74) is 17.5. The number of benzene rings is 5. The van der Waals surface area contributed by atoms with Crippen LogP contribution in [0.4, 0.5) is 0 Å². The van der Waals surface area contributed by atoms with E-state index in [1.807, 2.05) is 6.21 Å². The Bertz CT molecular complexity index is 2200. The maximum absolute atomic E-state index is 5.15. The van der Waals surface area contributed by atoms with Crippen molar-refractivity contribution in [2.75, 3.05) is 0 Å². The number of pyridine rings is 1. The van der Waals surface area contributed by atoms with Crippen molar-refractivity contribution in [1.82, 2.24) is 4.98 Å². The van der Waals surface area contributed by atoms with Crippen molar-refractivity contribution < 1.29 is 0 Å². The molecule has 0 unspecified atom stereocenters. The summed E-state index contributed by atoms with van der Waals surface area (Å²) in [4.78, 5) is 9.79. The van der Waals surface area contributed by atoms with Crippen molar-refractivity contribution in [2.45, 2.75) is 25.7 Å². The number of allylic oxidation sites excluding steroid dienone is 2. The molecule has 2 nitrogen and oxygen atoms in total. The van der Waals surface area contributed by atoms with Crippen molar-refractivity contribution in [3.05, 3.63) is 138 Å². The number of aromatic nitrogens is 1. The van der Waals surface area contributed by atoms with E-state index in [-0.39, 0.29) is 0 Å². The molecule has 6 aromatic rings. The van der Waals surface area contributed by atoms with E-state index in [2.05, 4.69) is 132 Å². The third kappa shape index (κ3) is 3.81. The van der Waals surface area contributed by atoms with Crippen LogP contribution in [0, 0.1) is 0 Å². The molecule has 0 saturated carbocycles. The van der Waals surface area contributed by atoms with E-state index in [1.54, 1.807) is 0 Å². The summed E-state index contributed by atoms with van der Waals surface area (Å²) < 4.78 is 0. The molecule has 0 radical (unpaired) electrons. The number of aliphatic imine (C=N–C) groups is 1. The van der Waals surface area contributed by atoms with Crippen LogP contribution in [0.3, 0.4) is 0 Å². The molecule has 0 fully saturated rings. The summed E-state index contributed by atoms with van der Waals surface area (Å²) in [6.07, 6.45) is 13.0. The van der Waals surface area contributed by atoms with Gasteiger partial charge in [0.2, 0.25) is 0 Å². The first-order valence-electron chi connectivity index (χ1n) is 15.6. The highest BCUT2D eigenvalue weighted by Crippen LogP contribution is 2.58. The van der Waals surface area contributed by atoms with Crippen LogP contribution in [0.2, 0.25) is 0 Å². The van der Waals surface area contributed by atoms with Crippen LogP contribution in [0.5, 0.6) is 0 Å². The molecule has 0 bridgehead atoms. The molecular formula is C42H30N2. The van der Waals surface area contributed by atoms with Crippen LogP contribution in [0.1, 0.15) is 36.1 Å².